The first-order chi connectivity index (χ1) is 15.3. The highest BCUT2D eigenvalue weighted by Gasteiger charge is 2.32. The number of benzene rings is 2. The van der Waals surface area contributed by atoms with Gasteiger partial charge in [0.2, 0.25) is 0 Å². The van der Waals surface area contributed by atoms with Crippen LogP contribution < -0.4 is 4.90 Å². The van der Waals surface area contributed by atoms with E-state index in [4.69, 9.17) is 4.74 Å². The molecule has 2 aliphatic rings. The third-order valence-corrected chi connectivity index (χ3v) is 6.19. The maximum absolute atomic E-state index is 14.3. The average Bonchev–Trinajstić information content (AvgIpc) is 3.49. The molecule has 2 atom stereocenters. The van der Waals surface area contributed by atoms with Crippen LogP contribution in [0, 0.1) is 5.82 Å². The van der Waals surface area contributed by atoms with Crippen molar-refractivity contribution >= 4 is 5.69 Å². The summed E-state index contributed by atoms with van der Waals surface area (Å²) in [6.45, 7) is 4.56. The van der Waals surface area contributed by atoms with E-state index in [1.165, 1.54) is 6.07 Å². The van der Waals surface area contributed by atoms with Gasteiger partial charge in [-0.1, -0.05) is 42.5 Å². The number of nitrogens with zero attached hydrogens (tertiary/aromatic N) is 6. The molecule has 0 spiro atoms. The van der Waals surface area contributed by atoms with Crippen molar-refractivity contribution in [2.45, 2.75) is 31.5 Å². The van der Waals surface area contributed by atoms with Crippen LogP contribution in [0.5, 0.6) is 0 Å². The lowest BCUT2D eigenvalue weighted by Gasteiger charge is -2.40. The Labute approximate surface area is 181 Å². The Morgan fingerprint density at radius 1 is 1.00 bits per heavy atom. The Balaban J connectivity index is 1.39. The minimum atomic E-state index is -0.170. The maximum atomic E-state index is 14.3. The number of anilines is 1. The van der Waals surface area contributed by atoms with Gasteiger partial charge in [0.25, 0.3) is 0 Å². The molecule has 2 aromatic carbocycles. The lowest BCUT2D eigenvalue weighted by atomic mass is 10.0. The van der Waals surface area contributed by atoms with Gasteiger partial charge in [0, 0.05) is 32.8 Å². The predicted molar refractivity (Wildman–Crippen MR) is 115 cm³/mol. The van der Waals surface area contributed by atoms with Gasteiger partial charge in [-0.2, -0.15) is 0 Å². The molecule has 8 heteroatoms. The van der Waals surface area contributed by atoms with Gasteiger partial charge in [0.15, 0.2) is 5.82 Å². The Morgan fingerprint density at radius 3 is 2.52 bits per heavy atom. The number of piperazine rings is 1. The Bertz CT molecular complexity index is 982. The van der Waals surface area contributed by atoms with E-state index in [-0.39, 0.29) is 18.0 Å². The SMILES string of the molecule is Fc1ccccc1N1CCN([C@@H](c2ccccc2)c2nnnn2C[C@@H]2CCCO2)CC1. The van der Waals surface area contributed by atoms with Crippen molar-refractivity contribution in [3.8, 4) is 0 Å². The zero-order chi connectivity index (χ0) is 21.0. The van der Waals surface area contributed by atoms with Crippen LogP contribution in [0.15, 0.2) is 54.6 Å². The molecule has 0 saturated carbocycles. The Hall–Kier alpha value is -2.84. The maximum Gasteiger partial charge on any atom is 0.173 e. The number of ether oxygens (including phenoxy) is 1. The first-order valence-electron chi connectivity index (χ1n) is 11.0. The molecule has 3 aromatic rings. The van der Waals surface area contributed by atoms with Crippen molar-refractivity contribution in [3.05, 3.63) is 71.8 Å². The van der Waals surface area contributed by atoms with Crippen LogP contribution in [0.25, 0.3) is 0 Å². The highest BCUT2D eigenvalue weighted by molar-refractivity contribution is 5.48. The molecule has 0 unspecified atom stereocenters. The normalized spacial score (nSPS) is 20.8. The summed E-state index contributed by atoms with van der Waals surface area (Å²) in [4.78, 5) is 4.51. The number of aromatic nitrogens is 4. The lowest BCUT2D eigenvalue weighted by Crippen LogP contribution is -2.48. The predicted octanol–water partition coefficient (Wildman–Crippen LogP) is 2.90. The van der Waals surface area contributed by atoms with Crippen LogP contribution in [0.3, 0.4) is 0 Å². The smallest absolute Gasteiger partial charge is 0.173 e. The highest BCUT2D eigenvalue weighted by Crippen LogP contribution is 2.30. The van der Waals surface area contributed by atoms with Crippen molar-refractivity contribution < 1.29 is 9.13 Å². The molecular weight excluding hydrogens is 395 g/mol. The van der Waals surface area contributed by atoms with Crippen molar-refractivity contribution in [2.75, 3.05) is 37.7 Å². The second kappa shape index (κ2) is 9.11. The van der Waals surface area contributed by atoms with Crippen LogP contribution in [0.1, 0.15) is 30.3 Å². The molecule has 162 valence electrons. The number of halogens is 1. The molecule has 0 N–H and O–H groups in total. The molecule has 2 saturated heterocycles. The zero-order valence-corrected chi connectivity index (χ0v) is 17.5. The fourth-order valence-electron chi connectivity index (χ4n) is 4.61. The third-order valence-electron chi connectivity index (χ3n) is 6.19. The molecule has 31 heavy (non-hydrogen) atoms. The van der Waals surface area contributed by atoms with Crippen LogP contribution in [0.2, 0.25) is 0 Å². The number of rotatable bonds is 6. The third kappa shape index (κ3) is 4.31. The minimum absolute atomic E-state index is 0.0552. The van der Waals surface area contributed by atoms with Crippen LogP contribution >= 0.6 is 0 Å². The molecule has 3 heterocycles. The first kappa shape index (κ1) is 20.1. The number of hydrogen-bond donors (Lipinski definition) is 0. The van der Waals surface area contributed by atoms with Gasteiger partial charge in [0.1, 0.15) is 5.82 Å². The van der Waals surface area contributed by atoms with E-state index in [1.807, 2.05) is 35.0 Å². The number of para-hydroxylation sites is 1. The number of hydrogen-bond acceptors (Lipinski definition) is 6. The highest BCUT2D eigenvalue weighted by atomic mass is 19.1. The second-order valence-electron chi connectivity index (χ2n) is 8.14. The monoisotopic (exact) mass is 422 g/mol. The van der Waals surface area contributed by atoms with Crippen molar-refractivity contribution in [1.82, 2.24) is 25.1 Å². The van der Waals surface area contributed by atoms with Gasteiger partial charge < -0.3 is 9.64 Å². The summed E-state index contributed by atoms with van der Waals surface area (Å²) in [5.74, 6) is 0.664. The molecule has 0 bridgehead atoms. The quantitative estimate of drug-likeness (QED) is 0.609. The molecule has 7 nitrogen and oxygen atoms in total. The van der Waals surface area contributed by atoms with E-state index in [0.717, 1.165) is 57.0 Å². The molecule has 1 aromatic heterocycles. The summed E-state index contributed by atoms with van der Waals surface area (Å²) < 4.78 is 22.0. The van der Waals surface area contributed by atoms with E-state index in [1.54, 1.807) is 6.07 Å². The fourth-order valence-corrected chi connectivity index (χ4v) is 4.61. The summed E-state index contributed by atoms with van der Waals surface area (Å²) in [5, 5.41) is 12.7. The Kier molecular flexibility index (Phi) is 5.90. The largest absolute Gasteiger partial charge is 0.376 e. The Morgan fingerprint density at radius 2 is 1.77 bits per heavy atom. The average molecular weight is 423 g/mol. The summed E-state index contributed by atoms with van der Waals surface area (Å²) in [6.07, 6.45) is 2.29. The first-order valence-corrected chi connectivity index (χ1v) is 11.0. The second-order valence-corrected chi connectivity index (χ2v) is 8.14. The van der Waals surface area contributed by atoms with E-state index >= 15 is 0 Å². The van der Waals surface area contributed by atoms with Crippen molar-refractivity contribution in [2.24, 2.45) is 0 Å². The van der Waals surface area contributed by atoms with E-state index < -0.39 is 0 Å². The van der Waals surface area contributed by atoms with Crippen molar-refractivity contribution in [1.29, 1.82) is 0 Å². The van der Waals surface area contributed by atoms with Gasteiger partial charge in [-0.15, -0.1) is 5.10 Å². The van der Waals surface area contributed by atoms with E-state index in [0.29, 0.717) is 12.2 Å². The zero-order valence-electron chi connectivity index (χ0n) is 17.5. The molecule has 0 radical (unpaired) electrons. The molecule has 5 rings (SSSR count). The van der Waals surface area contributed by atoms with Gasteiger partial charge in [-0.25, -0.2) is 9.07 Å². The molecular formula is C23H27FN6O. The lowest BCUT2D eigenvalue weighted by molar-refractivity contribution is 0.0906. The fraction of sp³-hybridized carbons (Fsp3) is 0.435. The van der Waals surface area contributed by atoms with Gasteiger partial charge in [0.05, 0.1) is 24.4 Å². The summed E-state index contributed by atoms with van der Waals surface area (Å²) in [7, 11) is 0. The van der Waals surface area contributed by atoms with E-state index in [9.17, 15) is 4.39 Å². The van der Waals surface area contributed by atoms with Crippen LogP contribution in [0.4, 0.5) is 10.1 Å². The minimum Gasteiger partial charge on any atom is -0.376 e. The van der Waals surface area contributed by atoms with Crippen LogP contribution in [-0.2, 0) is 11.3 Å². The molecule has 0 amide bonds. The van der Waals surface area contributed by atoms with Crippen LogP contribution in [-0.4, -0.2) is 64.0 Å². The number of tetrazole rings is 1. The van der Waals surface area contributed by atoms with Gasteiger partial charge in [-0.05, 0) is 41.0 Å². The van der Waals surface area contributed by atoms with Gasteiger partial charge >= 0.3 is 0 Å². The standard InChI is InChI=1S/C23H27FN6O/c24-20-10-4-5-11-21(20)28-12-14-29(15-13-28)22(18-7-2-1-3-8-18)23-25-26-27-30(23)17-19-9-6-16-31-19/h1-5,7-8,10-11,19,22H,6,9,12-17H2/t19-,22-/m0/s1. The molecule has 2 aliphatic heterocycles. The molecule has 2 fully saturated rings. The topological polar surface area (TPSA) is 59.3 Å². The van der Waals surface area contributed by atoms with E-state index in [2.05, 4.69) is 37.5 Å². The summed E-state index contributed by atoms with van der Waals surface area (Å²) in [5.41, 5.74) is 1.83. The summed E-state index contributed by atoms with van der Waals surface area (Å²) in [6, 6.07) is 17.3. The van der Waals surface area contributed by atoms with Gasteiger partial charge in [-0.3, -0.25) is 4.90 Å². The van der Waals surface area contributed by atoms with Crippen molar-refractivity contribution in [3.63, 3.8) is 0 Å². The molecule has 0 aliphatic carbocycles. The summed E-state index contributed by atoms with van der Waals surface area (Å²) >= 11 is 0.